The summed E-state index contributed by atoms with van der Waals surface area (Å²) in [6.45, 7) is 9.63. The Balaban J connectivity index is 1.48. The fourth-order valence-corrected chi connectivity index (χ4v) is 4.00. The summed E-state index contributed by atoms with van der Waals surface area (Å²) in [5.74, 6) is 1.82. The molecule has 4 heterocycles. The molecule has 0 saturated carbocycles. The highest BCUT2D eigenvalue weighted by atomic mass is 19.1. The van der Waals surface area contributed by atoms with Crippen LogP contribution in [0.15, 0.2) is 30.3 Å². The molecule has 0 radical (unpaired) electrons. The van der Waals surface area contributed by atoms with Crippen molar-refractivity contribution in [1.82, 2.24) is 30.0 Å². The number of benzene rings is 1. The van der Waals surface area contributed by atoms with Gasteiger partial charge in [-0.3, -0.25) is 5.10 Å². The lowest BCUT2D eigenvalue weighted by Crippen LogP contribution is -2.44. The fraction of sp³-hybridized carbons (Fsp3) is 0.375. The number of rotatable bonds is 6. The van der Waals surface area contributed by atoms with Crippen LogP contribution >= 0.6 is 0 Å². The van der Waals surface area contributed by atoms with Crippen molar-refractivity contribution in [2.24, 2.45) is 0 Å². The van der Waals surface area contributed by atoms with Gasteiger partial charge in [0.1, 0.15) is 11.6 Å². The smallest absolute Gasteiger partial charge is 0.326 e. The Kier molecular flexibility index (Phi) is 5.82. The molecule has 0 amide bonds. The first-order valence-electron chi connectivity index (χ1n) is 11.5. The normalized spacial score (nSPS) is 14.8. The lowest BCUT2D eigenvalue weighted by Gasteiger charge is -2.33. The van der Waals surface area contributed by atoms with Crippen LogP contribution in [-0.2, 0) is 0 Å². The van der Waals surface area contributed by atoms with E-state index in [0.717, 1.165) is 54.3 Å². The van der Waals surface area contributed by atoms with Crippen molar-refractivity contribution in [2.75, 3.05) is 43.4 Å². The molecule has 1 saturated heterocycles. The molecule has 178 valence electrons. The van der Waals surface area contributed by atoms with Crippen LogP contribution in [0.25, 0.3) is 10.9 Å². The molecule has 3 aromatic heterocycles. The van der Waals surface area contributed by atoms with Crippen LogP contribution in [0.5, 0.6) is 11.8 Å². The van der Waals surface area contributed by atoms with E-state index in [0.29, 0.717) is 17.6 Å². The van der Waals surface area contributed by atoms with Crippen molar-refractivity contribution in [3.63, 3.8) is 0 Å². The topological polar surface area (TPSA) is 98.0 Å². The zero-order valence-corrected chi connectivity index (χ0v) is 19.8. The highest BCUT2D eigenvalue weighted by Gasteiger charge is 2.19. The summed E-state index contributed by atoms with van der Waals surface area (Å²) in [7, 11) is 2.10. The largest absolute Gasteiger partial charge is 0.421 e. The Morgan fingerprint density at radius 2 is 1.82 bits per heavy atom. The van der Waals surface area contributed by atoms with Crippen molar-refractivity contribution in [3.05, 3.63) is 47.5 Å². The summed E-state index contributed by atoms with van der Waals surface area (Å²) >= 11 is 0. The van der Waals surface area contributed by atoms with Crippen LogP contribution in [0.1, 0.15) is 31.2 Å². The summed E-state index contributed by atoms with van der Waals surface area (Å²) in [6.07, 6.45) is 0. The first-order valence-corrected chi connectivity index (χ1v) is 11.5. The molecule has 9 nitrogen and oxygen atoms in total. The highest BCUT2D eigenvalue weighted by molar-refractivity contribution is 5.82. The van der Waals surface area contributed by atoms with E-state index >= 15 is 0 Å². The Hall–Kier alpha value is -3.66. The number of likely N-dealkylation sites (N-methyl/N-ethyl adjacent to an activating group) is 1. The van der Waals surface area contributed by atoms with Gasteiger partial charge in [0, 0.05) is 66.7 Å². The number of nitrogens with one attached hydrogen (secondary N) is 3. The van der Waals surface area contributed by atoms with Gasteiger partial charge in [0.2, 0.25) is 0 Å². The van der Waals surface area contributed by atoms with Crippen LogP contribution < -0.4 is 15.0 Å². The number of H-pyrrole nitrogens is 2. The molecule has 5 rings (SSSR count). The third-order valence-corrected chi connectivity index (χ3v) is 6.00. The maximum atomic E-state index is 14.8. The third kappa shape index (κ3) is 4.67. The standard InChI is InChI=1S/C24H29FN8O/c1-14(2)18-12-22(31-30-18)27-21-13-23(33-7-5-32(4)6-8-33)29-24(28-21)34-20-10-16-9-15(3)26-19(16)11-17(20)25/h9-14,26H,5-8H2,1-4H3,(H2,27,28,29,30,31). The molecule has 4 aromatic rings. The van der Waals surface area contributed by atoms with Gasteiger partial charge in [-0.2, -0.15) is 15.1 Å². The number of hydrogen-bond acceptors (Lipinski definition) is 7. The van der Waals surface area contributed by atoms with Gasteiger partial charge < -0.3 is 24.8 Å². The van der Waals surface area contributed by atoms with E-state index in [1.165, 1.54) is 6.07 Å². The van der Waals surface area contributed by atoms with Crippen molar-refractivity contribution in [3.8, 4) is 11.8 Å². The van der Waals surface area contributed by atoms with Crippen LogP contribution in [0, 0.1) is 12.7 Å². The lowest BCUT2D eigenvalue weighted by molar-refractivity contribution is 0.311. The van der Waals surface area contributed by atoms with Gasteiger partial charge in [-0.05, 0) is 32.0 Å². The summed E-state index contributed by atoms with van der Waals surface area (Å²) < 4.78 is 20.7. The Bertz CT molecular complexity index is 1310. The number of aromatic amines is 2. The molecule has 34 heavy (non-hydrogen) atoms. The van der Waals surface area contributed by atoms with Gasteiger partial charge in [-0.25, -0.2) is 4.39 Å². The monoisotopic (exact) mass is 464 g/mol. The maximum absolute atomic E-state index is 14.8. The van der Waals surface area contributed by atoms with E-state index in [1.807, 2.05) is 25.1 Å². The minimum atomic E-state index is -0.480. The molecular weight excluding hydrogens is 435 g/mol. The van der Waals surface area contributed by atoms with Crippen LogP contribution in [0.2, 0.25) is 0 Å². The molecule has 1 aliphatic rings. The molecule has 10 heteroatoms. The molecule has 0 atom stereocenters. The number of halogens is 1. The van der Waals surface area contributed by atoms with Crippen LogP contribution in [-0.4, -0.2) is 63.3 Å². The maximum Gasteiger partial charge on any atom is 0.326 e. The van der Waals surface area contributed by atoms with E-state index in [-0.39, 0.29) is 11.8 Å². The minimum Gasteiger partial charge on any atom is -0.421 e. The molecule has 0 aliphatic carbocycles. The third-order valence-electron chi connectivity index (χ3n) is 6.00. The number of aromatic nitrogens is 5. The molecule has 3 N–H and O–H groups in total. The van der Waals surface area contributed by atoms with Gasteiger partial charge in [0.15, 0.2) is 17.4 Å². The van der Waals surface area contributed by atoms with Crippen molar-refractivity contribution in [1.29, 1.82) is 0 Å². The van der Waals surface area contributed by atoms with Gasteiger partial charge in [0.05, 0.1) is 0 Å². The average Bonchev–Trinajstić information content (AvgIpc) is 3.40. The van der Waals surface area contributed by atoms with E-state index in [2.05, 4.69) is 61.2 Å². The van der Waals surface area contributed by atoms with Gasteiger partial charge in [-0.15, -0.1) is 0 Å². The average molecular weight is 465 g/mol. The Morgan fingerprint density at radius 3 is 2.56 bits per heavy atom. The fourth-order valence-electron chi connectivity index (χ4n) is 4.00. The summed E-state index contributed by atoms with van der Waals surface area (Å²) in [4.78, 5) is 16.7. The minimum absolute atomic E-state index is 0.0732. The van der Waals surface area contributed by atoms with E-state index < -0.39 is 5.82 Å². The van der Waals surface area contributed by atoms with Crippen LogP contribution in [0.4, 0.5) is 21.8 Å². The number of piperazine rings is 1. The second-order valence-electron chi connectivity index (χ2n) is 9.10. The van der Waals surface area contributed by atoms with E-state index in [1.54, 1.807) is 6.07 Å². The molecule has 1 aromatic carbocycles. The van der Waals surface area contributed by atoms with Gasteiger partial charge >= 0.3 is 6.01 Å². The molecule has 1 fully saturated rings. The van der Waals surface area contributed by atoms with Crippen molar-refractivity contribution >= 4 is 28.4 Å². The molecule has 0 spiro atoms. The summed E-state index contributed by atoms with van der Waals surface area (Å²) in [5.41, 5.74) is 2.69. The zero-order valence-electron chi connectivity index (χ0n) is 19.8. The SMILES string of the molecule is Cc1cc2cc(Oc3nc(Nc4cc(C(C)C)[nH]n4)cc(N4CCN(C)CC4)n3)c(F)cc2[nH]1. The molecule has 0 bridgehead atoms. The molecular formula is C24H29FN8O. The number of hydrogen-bond donors (Lipinski definition) is 3. The number of nitrogens with zero attached hydrogens (tertiary/aromatic N) is 5. The first-order chi connectivity index (χ1) is 16.3. The van der Waals surface area contributed by atoms with Gasteiger partial charge in [-0.1, -0.05) is 13.8 Å². The predicted molar refractivity (Wildman–Crippen MR) is 131 cm³/mol. The van der Waals surface area contributed by atoms with Crippen molar-refractivity contribution < 1.29 is 9.13 Å². The quantitative estimate of drug-likeness (QED) is 0.385. The zero-order chi connectivity index (χ0) is 23.8. The molecule has 1 aliphatic heterocycles. The Morgan fingerprint density at radius 1 is 1.03 bits per heavy atom. The first kappa shape index (κ1) is 22.1. The predicted octanol–water partition coefficient (Wildman–Crippen LogP) is 4.54. The number of aryl methyl sites for hydroxylation is 1. The van der Waals surface area contributed by atoms with E-state index in [9.17, 15) is 4.39 Å². The highest BCUT2D eigenvalue weighted by Crippen LogP contribution is 2.30. The summed E-state index contributed by atoms with van der Waals surface area (Å²) in [6, 6.07) is 8.93. The second kappa shape index (κ2) is 8.94. The lowest BCUT2D eigenvalue weighted by atomic mass is 10.1. The molecule has 0 unspecified atom stereocenters. The second-order valence-corrected chi connectivity index (χ2v) is 9.10. The number of ether oxygens (including phenoxy) is 1. The number of fused-ring (bicyclic) bond motifs is 1. The summed E-state index contributed by atoms with van der Waals surface area (Å²) in [5, 5.41) is 11.5. The van der Waals surface area contributed by atoms with Crippen LogP contribution in [0.3, 0.4) is 0 Å². The van der Waals surface area contributed by atoms with Gasteiger partial charge in [0.25, 0.3) is 0 Å². The van der Waals surface area contributed by atoms with Crippen molar-refractivity contribution in [2.45, 2.75) is 26.7 Å². The Labute approximate surface area is 197 Å². The van der Waals surface area contributed by atoms with E-state index in [4.69, 9.17) is 4.74 Å². The number of anilines is 3.